The summed E-state index contributed by atoms with van der Waals surface area (Å²) in [7, 11) is 2.02. The molecule has 1 aromatic carbocycles. The Bertz CT molecular complexity index is 760. The second kappa shape index (κ2) is 5.38. The molecule has 0 bridgehead atoms. The number of rotatable bonds is 3. The van der Waals surface area contributed by atoms with Crippen molar-refractivity contribution < 1.29 is 13.2 Å². The van der Waals surface area contributed by atoms with Gasteiger partial charge in [-0.15, -0.1) is 0 Å². The number of alkyl halides is 3. The van der Waals surface area contributed by atoms with E-state index in [4.69, 9.17) is 5.41 Å². The highest BCUT2D eigenvalue weighted by molar-refractivity contribution is 7.16. The molecule has 0 fully saturated rings. The van der Waals surface area contributed by atoms with Crippen LogP contribution in [0, 0.1) is 5.41 Å². The molecule has 1 atom stereocenters. The van der Waals surface area contributed by atoms with Crippen LogP contribution >= 0.6 is 11.3 Å². The molecule has 0 saturated carbocycles. The molecule has 0 unspecified atom stereocenters. The molecule has 3 rings (SSSR count). The molecule has 2 aromatic rings. The second-order valence-electron chi connectivity index (χ2n) is 5.80. The standard InChI is InChI=1S/C15H18F3N3S/c1-3-20(2)8-11-5-4-9-6-10(15(16,17)18)7-12-13(9)21(11)14(19)22-12/h6-7,11,19H,3-5,8H2,1-2H3/t11-/m1/s1. The first-order valence-corrected chi connectivity index (χ1v) is 8.11. The van der Waals surface area contributed by atoms with E-state index in [9.17, 15) is 13.2 Å². The fourth-order valence-corrected chi connectivity index (χ4v) is 4.15. The van der Waals surface area contributed by atoms with Crippen molar-refractivity contribution in [1.29, 1.82) is 5.41 Å². The van der Waals surface area contributed by atoms with Crippen molar-refractivity contribution in [2.45, 2.75) is 32.0 Å². The van der Waals surface area contributed by atoms with Crippen molar-refractivity contribution in [3.8, 4) is 0 Å². The highest BCUT2D eigenvalue weighted by Gasteiger charge is 2.33. The zero-order valence-electron chi connectivity index (χ0n) is 12.5. The number of nitrogens with one attached hydrogen (secondary N) is 1. The molecule has 1 aromatic heterocycles. The van der Waals surface area contributed by atoms with Crippen LogP contribution in [0.15, 0.2) is 12.1 Å². The quantitative estimate of drug-likeness (QED) is 0.916. The van der Waals surface area contributed by atoms with Gasteiger partial charge in [-0.1, -0.05) is 18.3 Å². The predicted octanol–water partition coefficient (Wildman–Crippen LogP) is 3.64. The van der Waals surface area contributed by atoms with Gasteiger partial charge >= 0.3 is 6.18 Å². The van der Waals surface area contributed by atoms with Gasteiger partial charge in [-0.3, -0.25) is 5.41 Å². The summed E-state index contributed by atoms with van der Waals surface area (Å²) in [6.45, 7) is 3.80. The average molecular weight is 329 g/mol. The Morgan fingerprint density at radius 1 is 1.41 bits per heavy atom. The van der Waals surface area contributed by atoms with Crippen LogP contribution in [-0.2, 0) is 12.6 Å². The normalized spacial score (nSPS) is 18.4. The van der Waals surface area contributed by atoms with Crippen molar-refractivity contribution >= 4 is 21.6 Å². The highest BCUT2D eigenvalue weighted by Crippen LogP contribution is 2.38. The zero-order chi connectivity index (χ0) is 16.1. The summed E-state index contributed by atoms with van der Waals surface area (Å²) in [5, 5.41) is 8.17. The summed E-state index contributed by atoms with van der Waals surface area (Å²) in [5.41, 5.74) is 0.936. The minimum absolute atomic E-state index is 0.162. The fourth-order valence-electron chi connectivity index (χ4n) is 3.09. The van der Waals surface area contributed by atoms with E-state index in [2.05, 4.69) is 11.8 Å². The van der Waals surface area contributed by atoms with Crippen molar-refractivity contribution in [3.05, 3.63) is 28.1 Å². The summed E-state index contributed by atoms with van der Waals surface area (Å²) in [6.07, 6.45) is -2.92. The number of thiazole rings is 1. The molecule has 120 valence electrons. The Morgan fingerprint density at radius 2 is 2.14 bits per heavy atom. The van der Waals surface area contributed by atoms with Gasteiger partial charge in [-0.2, -0.15) is 13.2 Å². The van der Waals surface area contributed by atoms with Crippen LogP contribution in [0.2, 0.25) is 0 Å². The summed E-state index contributed by atoms with van der Waals surface area (Å²) in [4.78, 5) is 2.51. The lowest BCUT2D eigenvalue weighted by Gasteiger charge is -2.29. The van der Waals surface area contributed by atoms with Crippen molar-refractivity contribution in [2.75, 3.05) is 20.1 Å². The third-order valence-corrected chi connectivity index (χ3v) is 5.24. The van der Waals surface area contributed by atoms with E-state index >= 15 is 0 Å². The molecule has 0 radical (unpaired) electrons. The van der Waals surface area contributed by atoms with Gasteiger partial charge in [0.25, 0.3) is 0 Å². The maximum absolute atomic E-state index is 13.0. The van der Waals surface area contributed by atoms with Crippen LogP contribution < -0.4 is 4.80 Å². The van der Waals surface area contributed by atoms with Crippen LogP contribution in [-0.4, -0.2) is 29.6 Å². The van der Waals surface area contributed by atoms with Crippen molar-refractivity contribution in [1.82, 2.24) is 9.47 Å². The Hall–Kier alpha value is -1.34. The monoisotopic (exact) mass is 329 g/mol. The number of nitrogens with zero attached hydrogens (tertiary/aromatic N) is 2. The minimum Gasteiger partial charge on any atom is -0.312 e. The number of hydrogen-bond acceptors (Lipinski definition) is 3. The summed E-state index contributed by atoms with van der Waals surface area (Å²) >= 11 is 1.14. The Balaban J connectivity index is 2.14. The number of benzene rings is 1. The minimum atomic E-state index is -4.33. The molecular weight excluding hydrogens is 311 g/mol. The molecule has 3 nitrogen and oxygen atoms in total. The third kappa shape index (κ3) is 2.56. The molecule has 7 heteroatoms. The third-order valence-electron chi connectivity index (χ3n) is 4.32. The van der Waals surface area contributed by atoms with E-state index in [1.807, 2.05) is 11.6 Å². The Labute approximate surface area is 130 Å². The van der Waals surface area contributed by atoms with E-state index in [-0.39, 0.29) is 6.04 Å². The highest BCUT2D eigenvalue weighted by atomic mass is 32.1. The SMILES string of the molecule is CCN(C)C[C@H]1CCc2cc(C(F)(F)F)cc3sc(=N)n1c23. The van der Waals surface area contributed by atoms with Gasteiger partial charge in [0.05, 0.1) is 15.8 Å². The number of hydrogen-bond donors (Lipinski definition) is 1. The molecule has 22 heavy (non-hydrogen) atoms. The molecule has 0 amide bonds. The first kappa shape index (κ1) is 15.6. The molecule has 1 aliphatic rings. The lowest BCUT2D eigenvalue weighted by molar-refractivity contribution is -0.137. The van der Waals surface area contributed by atoms with E-state index in [1.165, 1.54) is 12.1 Å². The number of likely N-dealkylation sites (N-methyl/N-ethyl adjacent to an activating group) is 1. The lowest BCUT2D eigenvalue weighted by atomic mass is 9.97. The number of aromatic nitrogens is 1. The predicted molar refractivity (Wildman–Crippen MR) is 81.2 cm³/mol. The van der Waals surface area contributed by atoms with Crippen LogP contribution in [0.25, 0.3) is 10.2 Å². The van der Waals surface area contributed by atoms with Gasteiger partial charge < -0.3 is 9.47 Å². The molecule has 0 aliphatic carbocycles. The molecule has 1 N–H and O–H groups in total. The van der Waals surface area contributed by atoms with Gasteiger partial charge in [0.1, 0.15) is 0 Å². The van der Waals surface area contributed by atoms with Gasteiger partial charge in [0.2, 0.25) is 0 Å². The topological polar surface area (TPSA) is 32.0 Å². The van der Waals surface area contributed by atoms with Gasteiger partial charge in [-0.25, -0.2) is 0 Å². The first-order chi connectivity index (χ1) is 10.3. The Morgan fingerprint density at radius 3 is 2.77 bits per heavy atom. The lowest BCUT2D eigenvalue weighted by Crippen LogP contribution is -2.33. The van der Waals surface area contributed by atoms with Crippen LogP contribution in [0.5, 0.6) is 0 Å². The van der Waals surface area contributed by atoms with Crippen LogP contribution in [0.3, 0.4) is 0 Å². The van der Waals surface area contributed by atoms with Crippen molar-refractivity contribution in [2.24, 2.45) is 0 Å². The van der Waals surface area contributed by atoms with Crippen LogP contribution in [0.4, 0.5) is 13.2 Å². The van der Waals surface area contributed by atoms with E-state index in [0.29, 0.717) is 15.9 Å². The molecule has 0 spiro atoms. The molecular formula is C15H18F3N3S. The largest absolute Gasteiger partial charge is 0.416 e. The van der Waals surface area contributed by atoms with Crippen LogP contribution in [0.1, 0.15) is 30.5 Å². The molecule has 0 saturated heterocycles. The van der Waals surface area contributed by atoms with Gasteiger partial charge in [0.15, 0.2) is 4.80 Å². The maximum atomic E-state index is 13.0. The summed E-state index contributed by atoms with van der Waals surface area (Å²) < 4.78 is 41.5. The van der Waals surface area contributed by atoms with E-state index in [1.54, 1.807) is 0 Å². The van der Waals surface area contributed by atoms with E-state index in [0.717, 1.165) is 41.9 Å². The Kier molecular flexibility index (Phi) is 3.81. The summed E-state index contributed by atoms with van der Waals surface area (Å²) in [5.74, 6) is 0. The zero-order valence-corrected chi connectivity index (χ0v) is 13.3. The average Bonchev–Trinajstić information content (AvgIpc) is 2.78. The van der Waals surface area contributed by atoms with Crippen molar-refractivity contribution in [3.63, 3.8) is 0 Å². The first-order valence-electron chi connectivity index (χ1n) is 7.29. The second-order valence-corrected chi connectivity index (χ2v) is 6.84. The smallest absolute Gasteiger partial charge is 0.312 e. The van der Waals surface area contributed by atoms with Gasteiger partial charge in [-0.05, 0) is 44.1 Å². The summed E-state index contributed by atoms with van der Waals surface area (Å²) in [6, 6.07) is 2.60. The van der Waals surface area contributed by atoms with E-state index < -0.39 is 11.7 Å². The fraction of sp³-hybridized carbons (Fsp3) is 0.533. The number of aryl methyl sites for hydroxylation is 1. The van der Waals surface area contributed by atoms with Gasteiger partial charge in [0, 0.05) is 12.6 Å². The molecule has 1 aliphatic heterocycles. The molecule has 2 heterocycles. The number of halogens is 3. The maximum Gasteiger partial charge on any atom is 0.416 e.